The lowest BCUT2D eigenvalue weighted by Gasteiger charge is -2.34. The Morgan fingerprint density at radius 1 is 0.865 bits per heavy atom. The molecule has 1 aromatic heterocycles. The van der Waals surface area contributed by atoms with Crippen LogP contribution in [0, 0.1) is 6.92 Å². The Bertz CT molecular complexity index is 1370. The fraction of sp³-hybridized carbons (Fsp3) is 0.219. The first-order chi connectivity index (χ1) is 18.1. The van der Waals surface area contributed by atoms with E-state index in [9.17, 15) is 4.79 Å². The molecule has 1 fully saturated rings. The number of hydrogen-bond donors (Lipinski definition) is 0. The summed E-state index contributed by atoms with van der Waals surface area (Å²) >= 11 is 0. The molecule has 0 radical (unpaired) electrons. The predicted molar refractivity (Wildman–Crippen MR) is 150 cm³/mol. The molecule has 1 aliphatic heterocycles. The minimum absolute atomic E-state index is 0.0933. The lowest BCUT2D eigenvalue weighted by atomic mass is 10.1. The molecule has 3 aromatic carbocycles. The van der Waals surface area contributed by atoms with E-state index in [0.29, 0.717) is 0 Å². The normalized spacial score (nSPS) is 14.3. The first kappa shape index (κ1) is 24.6. The van der Waals surface area contributed by atoms with Crippen LogP contribution in [0.15, 0.2) is 97.1 Å². The van der Waals surface area contributed by atoms with Crippen LogP contribution in [0.3, 0.4) is 0 Å². The van der Waals surface area contributed by atoms with Gasteiger partial charge in [0.15, 0.2) is 0 Å². The van der Waals surface area contributed by atoms with Crippen molar-refractivity contribution in [2.75, 3.05) is 39.8 Å². The van der Waals surface area contributed by atoms with Gasteiger partial charge in [0.1, 0.15) is 5.75 Å². The molecule has 188 valence electrons. The number of methoxy groups -OCH3 is 1. The molecule has 2 heterocycles. The number of carbonyl (C=O) groups excluding carboxylic acids is 1. The van der Waals surface area contributed by atoms with Gasteiger partial charge in [-0.3, -0.25) is 9.69 Å². The summed E-state index contributed by atoms with van der Waals surface area (Å²) in [5.41, 5.74) is 5.94. The molecule has 0 N–H and O–H groups in total. The molecule has 1 aliphatic rings. The first-order valence-electron chi connectivity index (χ1n) is 12.8. The highest BCUT2D eigenvalue weighted by atomic mass is 16.5. The van der Waals surface area contributed by atoms with Crippen LogP contribution in [0.2, 0.25) is 0 Å². The van der Waals surface area contributed by atoms with Crippen LogP contribution in [0.4, 0.5) is 0 Å². The van der Waals surface area contributed by atoms with Gasteiger partial charge in [-0.1, -0.05) is 72.8 Å². The largest absolute Gasteiger partial charge is 0.497 e. The van der Waals surface area contributed by atoms with Crippen LogP contribution in [-0.4, -0.2) is 60.1 Å². The van der Waals surface area contributed by atoms with Crippen LogP contribution in [0.25, 0.3) is 23.0 Å². The van der Waals surface area contributed by atoms with Gasteiger partial charge in [-0.25, -0.2) is 0 Å². The van der Waals surface area contributed by atoms with Crippen LogP contribution >= 0.6 is 0 Å². The Balaban J connectivity index is 1.35. The van der Waals surface area contributed by atoms with E-state index in [1.165, 1.54) is 5.56 Å². The summed E-state index contributed by atoms with van der Waals surface area (Å²) in [6, 6.07) is 30.6. The third kappa shape index (κ3) is 5.52. The third-order valence-electron chi connectivity index (χ3n) is 6.99. The monoisotopic (exact) mass is 491 g/mol. The van der Waals surface area contributed by atoms with Gasteiger partial charge in [0, 0.05) is 49.7 Å². The number of ether oxygens (including phenoxy) is 1. The average molecular weight is 492 g/mol. The summed E-state index contributed by atoms with van der Waals surface area (Å²) < 4.78 is 7.64. The Kier molecular flexibility index (Phi) is 7.52. The molecule has 4 aromatic rings. The lowest BCUT2D eigenvalue weighted by molar-refractivity contribution is 0.0649. The average Bonchev–Trinajstić information content (AvgIpc) is 3.31. The fourth-order valence-corrected chi connectivity index (χ4v) is 4.93. The number of rotatable bonds is 7. The maximum Gasteiger partial charge on any atom is 0.255 e. The molecule has 5 nitrogen and oxygen atoms in total. The molecule has 1 amide bonds. The van der Waals surface area contributed by atoms with Gasteiger partial charge in [0.05, 0.1) is 18.4 Å². The number of hydrogen-bond acceptors (Lipinski definition) is 3. The third-order valence-corrected chi connectivity index (χ3v) is 6.99. The molecule has 0 spiro atoms. The quantitative estimate of drug-likeness (QED) is 0.321. The number of aromatic nitrogens is 1. The molecule has 1 saturated heterocycles. The van der Waals surface area contributed by atoms with Crippen molar-refractivity contribution in [1.82, 2.24) is 14.4 Å². The number of nitrogens with zero attached hydrogens (tertiary/aromatic N) is 3. The molecule has 0 unspecified atom stereocenters. The molecule has 0 saturated carbocycles. The van der Waals surface area contributed by atoms with Crippen molar-refractivity contribution in [3.05, 3.63) is 114 Å². The van der Waals surface area contributed by atoms with Gasteiger partial charge in [-0.15, -0.1) is 0 Å². The Morgan fingerprint density at radius 2 is 1.57 bits per heavy atom. The summed E-state index contributed by atoms with van der Waals surface area (Å²) in [5, 5.41) is 0. The van der Waals surface area contributed by atoms with Gasteiger partial charge in [-0.2, -0.15) is 0 Å². The predicted octanol–water partition coefficient (Wildman–Crippen LogP) is 5.93. The van der Waals surface area contributed by atoms with Crippen LogP contribution in [-0.2, 0) is 0 Å². The van der Waals surface area contributed by atoms with Crippen LogP contribution < -0.4 is 4.74 Å². The number of benzene rings is 3. The van der Waals surface area contributed by atoms with Gasteiger partial charge in [0.2, 0.25) is 0 Å². The van der Waals surface area contributed by atoms with Gasteiger partial charge in [0.25, 0.3) is 5.91 Å². The number of carbonyl (C=O) groups is 1. The van der Waals surface area contributed by atoms with E-state index < -0.39 is 0 Å². The van der Waals surface area contributed by atoms with Gasteiger partial charge < -0.3 is 14.2 Å². The van der Waals surface area contributed by atoms with E-state index >= 15 is 0 Å². The zero-order chi connectivity index (χ0) is 25.6. The van der Waals surface area contributed by atoms with Crippen molar-refractivity contribution in [1.29, 1.82) is 0 Å². The number of amides is 1. The van der Waals surface area contributed by atoms with E-state index in [-0.39, 0.29) is 5.91 Å². The van der Waals surface area contributed by atoms with Crippen LogP contribution in [0.5, 0.6) is 5.75 Å². The molecule has 5 heteroatoms. The highest BCUT2D eigenvalue weighted by molar-refractivity contribution is 5.97. The highest BCUT2D eigenvalue weighted by Crippen LogP contribution is 2.32. The van der Waals surface area contributed by atoms with Crippen molar-refractivity contribution in [2.24, 2.45) is 0 Å². The smallest absolute Gasteiger partial charge is 0.255 e. The zero-order valence-corrected chi connectivity index (χ0v) is 21.5. The van der Waals surface area contributed by atoms with Crippen molar-refractivity contribution >= 4 is 12.0 Å². The van der Waals surface area contributed by atoms with Crippen LogP contribution in [0.1, 0.15) is 21.6 Å². The van der Waals surface area contributed by atoms with E-state index in [2.05, 4.69) is 64.1 Å². The molecule has 37 heavy (non-hydrogen) atoms. The second-order valence-corrected chi connectivity index (χ2v) is 9.34. The van der Waals surface area contributed by atoms with Crippen molar-refractivity contribution in [2.45, 2.75) is 6.92 Å². The molecular formula is C32H33N3O2. The SMILES string of the molecule is COc1cccc(-c2cc(C(=O)N3CCN(C/C=C/c4ccccc4)CC3)c(C)n2-c2ccccc2)c1. The van der Waals surface area contributed by atoms with Crippen molar-refractivity contribution in [3.8, 4) is 22.7 Å². The standard InChI is InChI=1S/C32H33N3O2/c1-25-30(32(36)34-21-19-33(20-22-34)18-10-13-26-11-5-3-6-12-26)24-31(27-14-9-17-29(23-27)37-2)35(25)28-15-7-4-8-16-28/h3-17,23-24H,18-22H2,1-2H3/b13-10+. The summed E-state index contributed by atoms with van der Waals surface area (Å²) in [5.74, 6) is 0.886. The maximum absolute atomic E-state index is 13.7. The summed E-state index contributed by atoms with van der Waals surface area (Å²) in [6.45, 7) is 6.11. The lowest BCUT2D eigenvalue weighted by Crippen LogP contribution is -2.48. The summed E-state index contributed by atoms with van der Waals surface area (Å²) in [4.78, 5) is 18.1. The second kappa shape index (κ2) is 11.3. The Hall–Kier alpha value is -4.09. The number of para-hydroxylation sites is 1. The molecule has 0 aliphatic carbocycles. The van der Waals surface area contributed by atoms with Crippen molar-refractivity contribution in [3.63, 3.8) is 0 Å². The van der Waals surface area contributed by atoms with Gasteiger partial charge >= 0.3 is 0 Å². The summed E-state index contributed by atoms with van der Waals surface area (Å²) in [7, 11) is 1.67. The van der Waals surface area contributed by atoms with E-state index in [4.69, 9.17) is 4.74 Å². The second-order valence-electron chi connectivity index (χ2n) is 9.34. The Morgan fingerprint density at radius 3 is 2.27 bits per heavy atom. The fourth-order valence-electron chi connectivity index (χ4n) is 4.93. The molecular weight excluding hydrogens is 458 g/mol. The zero-order valence-electron chi connectivity index (χ0n) is 21.5. The molecule has 0 atom stereocenters. The highest BCUT2D eigenvalue weighted by Gasteiger charge is 2.26. The summed E-state index contributed by atoms with van der Waals surface area (Å²) in [6.07, 6.45) is 4.37. The van der Waals surface area contributed by atoms with E-state index in [1.54, 1.807) is 7.11 Å². The van der Waals surface area contributed by atoms with Crippen molar-refractivity contribution < 1.29 is 9.53 Å². The topological polar surface area (TPSA) is 37.7 Å². The first-order valence-corrected chi connectivity index (χ1v) is 12.8. The van der Waals surface area contributed by atoms with E-state index in [0.717, 1.165) is 66.7 Å². The van der Waals surface area contributed by atoms with Gasteiger partial charge in [-0.05, 0) is 42.8 Å². The minimum Gasteiger partial charge on any atom is -0.497 e. The maximum atomic E-state index is 13.7. The minimum atomic E-state index is 0.0933. The molecule has 0 bridgehead atoms. The Labute approximate surface area is 219 Å². The molecule has 5 rings (SSSR count). The number of piperazine rings is 1. The van der Waals surface area contributed by atoms with E-state index in [1.807, 2.05) is 60.4 Å².